The van der Waals surface area contributed by atoms with Crippen LogP contribution in [0.2, 0.25) is 13.1 Å². The summed E-state index contributed by atoms with van der Waals surface area (Å²) < 4.78 is 2.31. The van der Waals surface area contributed by atoms with Gasteiger partial charge >= 0.3 is 0 Å². The lowest BCUT2D eigenvalue weighted by Crippen LogP contribution is -2.52. The van der Waals surface area contributed by atoms with E-state index in [1.54, 1.807) is 0 Å². The average molecular weight is 437 g/mol. The minimum Gasteiger partial charge on any atom is -0.200 e. The van der Waals surface area contributed by atoms with Gasteiger partial charge in [-0.05, 0) is 54.3 Å². The van der Waals surface area contributed by atoms with E-state index in [1.807, 2.05) is 0 Å². The van der Waals surface area contributed by atoms with Gasteiger partial charge in [0.05, 0.1) is 5.39 Å². The van der Waals surface area contributed by atoms with Crippen molar-refractivity contribution in [3.63, 3.8) is 0 Å². The molecule has 1 aliphatic carbocycles. The number of rotatable bonds is 4. The third-order valence-electron chi connectivity index (χ3n) is 7.70. The van der Waals surface area contributed by atoms with Crippen molar-refractivity contribution in [2.75, 3.05) is 0 Å². The molecule has 0 unspecified atom stereocenters. The van der Waals surface area contributed by atoms with E-state index in [1.165, 1.54) is 69.2 Å². The topological polar surface area (TPSA) is 3.88 Å². The largest absolute Gasteiger partial charge is 0.220 e. The Bertz CT molecular complexity index is 1270. The van der Waals surface area contributed by atoms with Gasteiger partial charge in [0.15, 0.2) is 6.20 Å². The predicted molar refractivity (Wildman–Crippen MR) is 140 cm³/mol. The van der Waals surface area contributed by atoms with Crippen LogP contribution < -0.4 is 14.9 Å². The Hall–Kier alpha value is -2.71. The number of nitrogens with zero attached hydrogens (tertiary/aromatic N) is 1. The van der Waals surface area contributed by atoms with Gasteiger partial charge in [-0.25, -0.2) is 4.57 Å². The van der Waals surface area contributed by atoms with Crippen LogP contribution in [0.15, 0.2) is 79.0 Å². The number of fused-ring (bicyclic) bond motifs is 1. The smallest absolute Gasteiger partial charge is 0.200 e. The molecule has 5 rings (SSSR count). The Kier molecular flexibility index (Phi) is 5.50. The van der Waals surface area contributed by atoms with Crippen molar-refractivity contribution in [1.82, 2.24) is 0 Å². The molecule has 0 atom stereocenters. The molecule has 0 radical (unpaired) electrons. The second kappa shape index (κ2) is 8.33. The molecule has 1 fully saturated rings. The quantitative estimate of drug-likeness (QED) is 0.268. The molecule has 0 saturated heterocycles. The minimum absolute atomic E-state index is 0.735. The summed E-state index contributed by atoms with van der Waals surface area (Å²) in [6.07, 6.45) is 7.67. The van der Waals surface area contributed by atoms with E-state index < -0.39 is 8.07 Å². The van der Waals surface area contributed by atoms with Gasteiger partial charge in [0.1, 0.15) is 15.1 Å². The summed E-state index contributed by atoms with van der Waals surface area (Å²) in [5.74, 6) is 0.735. The molecule has 162 valence electrons. The Morgan fingerprint density at radius 2 is 1.56 bits per heavy atom. The molecular weight excluding hydrogens is 402 g/mol. The Morgan fingerprint density at radius 3 is 2.31 bits per heavy atom. The molecule has 4 aromatic rings. The fourth-order valence-corrected chi connectivity index (χ4v) is 7.90. The predicted octanol–water partition coefficient (Wildman–Crippen LogP) is 6.12. The first-order chi connectivity index (χ1) is 15.4. The van der Waals surface area contributed by atoms with Gasteiger partial charge in [-0.3, -0.25) is 0 Å². The van der Waals surface area contributed by atoms with Crippen molar-refractivity contribution in [2.45, 2.75) is 51.6 Å². The van der Waals surface area contributed by atoms with Crippen LogP contribution in [-0.4, -0.2) is 8.07 Å². The molecule has 3 aromatic carbocycles. The molecule has 0 spiro atoms. The first kappa shape index (κ1) is 21.1. The van der Waals surface area contributed by atoms with Crippen LogP contribution in [0.5, 0.6) is 0 Å². The molecule has 0 N–H and O–H groups in total. The number of pyridine rings is 1. The number of aromatic nitrogens is 1. The van der Waals surface area contributed by atoms with E-state index in [4.69, 9.17) is 0 Å². The summed E-state index contributed by atoms with van der Waals surface area (Å²) in [4.78, 5) is 0. The first-order valence-corrected chi connectivity index (χ1v) is 15.0. The highest BCUT2D eigenvalue weighted by Gasteiger charge is 2.27. The van der Waals surface area contributed by atoms with Gasteiger partial charge in [0, 0.05) is 11.6 Å². The van der Waals surface area contributed by atoms with Crippen LogP contribution in [0.1, 0.15) is 42.7 Å². The summed E-state index contributed by atoms with van der Waals surface area (Å²) in [5, 5.41) is 5.68. The molecule has 1 saturated carbocycles. The highest BCUT2D eigenvalue weighted by molar-refractivity contribution is 7.00. The zero-order valence-electron chi connectivity index (χ0n) is 19.9. The van der Waals surface area contributed by atoms with Crippen LogP contribution in [0, 0.1) is 6.92 Å². The zero-order valence-corrected chi connectivity index (χ0v) is 20.9. The fraction of sp³-hybridized carbons (Fsp3) is 0.300. The van der Waals surface area contributed by atoms with Gasteiger partial charge in [0.2, 0.25) is 5.69 Å². The normalized spacial score (nSPS) is 14.9. The van der Waals surface area contributed by atoms with E-state index in [9.17, 15) is 0 Å². The molecule has 2 heteroatoms. The highest BCUT2D eigenvalue weighted by atomic mass is 28.3. The second-order valence-electron chi connectivity index (χ2n) is 10.1. The van der Waals surface area contributed by atoms with Gasteiger partial charge in [0.25, 0.3) is 0 Å². The monoisotopic (exact) mass is 436 g/mol. The lowest BCUT2D eigenvalue weighted by Gasteiger charge is -2.24. The van der Waals surface area contributed by atoms with Crippen molar-refractivity contribution >= 4 is 29.2 Å². The van der Waals surface area contributed by atoms with Gasteiger partial charge < -0.3 is 0 Å². The lowest BCUT2D eigenvalue weighted by molar-refractivity contribution is -0.659. The summed E-state index contributed by atoms with van der Waals surface area (Å²) in [6, 6.07) is 27.7. The maximum Gasteiger partial charge on any atom is 0.220 e. The summed E-state index contributed by atoms with van der Waals surface area (Å²) >= 11 is 0. The molecule has 0 bridgehead atoms. The lowest BCUT2D eigenvalue weighted by atomic mass is 9.91. The summed E-state index contributed by atoms with van der Waals surface area (Å²) in [5.41, 5.74) is 5.60. The Morgan fingerprint density at radius 1 is 0.812 bits per heavy atom. The van der Waals surface area contributed by atoms with E-state index in [-0.39, 0.29) is 0 Å². The zero-order chi connectivity index (χ0) is 22.3. The SMILES string of the molecule is Cc1ccc(C2CCCC2)cc1-c1c2ccc([Si](C)(C)c3ccccc3)cc2cc[n+]1C. The summed E-state index contributed by atoms with van der Waals surface area (Å²) in [6.45, 7) is 7.18. The Balaban J connectivity index is 1.64. The van der Waals surface area contributed by atoms with E-state index in [0.717, 1.165) is 5.92 Å². The third-order valence-corrected chi connectivity index (χ3v) is 11.2. The molecule has 1 aromatic heterocycles. The van der Waals surface area contributed by atoms with Crippen molar-refractivity contribution in [1.29, 1.82) is 0 Å². The number of aryl methyl sites for hydroxylation is 2. The van der Waals surface area contributed by atoms with Crippen LogP contribution >= 0.6 is 0 Å². The van der Waals surface area contributed by atoms with Crippen molar-refractivity contribution in [3.05, 3.63) is 90.1 Å². The third kappa shape index (κ3) is 3.71. The van der Waals surface area contributed by atoms with Crippen LogP contribution in [0.25, 0.3) is 22.0 Å². The molecule has 1 nitrogen and oxygen atoms in total. The molecule has 32 heavy (non-hydrogen) atoms. The fourth-order valence-electron chi connectivity index (χ4n) is 5.53. The van der Waals surface area contributed by atoms with Crippen molar-refractivity contribution in [3.8, 4) is 11.3 Å². The molecule has 1 aliphatic rings. The second-order valence-corrected chi connectivity index (χ2v) is 14.5. The molecular formula is C30H34NSi+. The maximum atomic E-state index is 2.48. The minimum atomic E-state index is -1.73. The number of benzene rings is 3. The van der Waals surface area contributed by atoms with Crippen molar-refractivity contribution in [2.24, 2.45) is 7.05 Å². The van der Waals surface area contributed by atoms with Gasteiger partial charge in [-0.2, -0.15) is 0 Å². The van der Waals surface area contributed by atoms with Crippen LogP contribution in [0.4, 0.5) is 0 Å². The number of hydrogen-bond donors (Lipinski definition) is 0. The van der Waals surface area contributed by atoms with E-state index >= 15 is 0 Å². The maximum absolute atomic E-state index is 2.48. The van der Waals surface area contributed by atoms with Crippen LogP contribution in [-0.2, 0) is 7.05 Å². The van der Waals surface area contributed by atoms with Gasteiger partial charge in [-0.1, -0.05) is 90.9 Å². The highest BCUT2D eigenvalue weighted by Crippen LogP contribution is 2.37. The Labute approximate surface area is 193 Å². The number of hydrogen-bond acceptors (Lipinski definition) is 0. The molecule has 1 heterocycles. The summed E-state index contributed by atoms with van der Waals surface area (Å²) in [7, 11) is 0.460. The average Bonchev–Trinajstić information content (AvgIpc) is 3.35. The molecule has 0 amide bonds. The van der Waals surface area contributed by atoms with Gasteiger partial charge in [-0.15, -0.1) is 0 Å². The van der Waals surface area contributed by atoms with Crippen LogP contribution in [0.3, 0.4) is 0 Å². The first-order valence-electron chi connectivity index (χ1n) is 12.0. The molecule has 0 aliphatic heterocycles. The van der Waals surface area contributed by atoms with E-state index in [2.05, 4.69) is 111 Å². The standard InChI is InChI=1S/C30H34NSi/c1-22-14-15-24(23-10-8-9-11-23)21-29(22)30-28-17-16-27(20-25(28)18-19-31(30)2)32(3,4)26-12-6-5-7-13-26/h5-7,12-21,23H,8-11H2,1-4H3/q+1. The van der Waals surface area contributed by atoms with Crippen molar-refractivity contribution < 1.29 is 4.57 Å². The van der Waals surface area contributed by atoms with E-state index in [0.29, 0.717) is 0 Å².